The Bertz CT molecular complexity index is 1800. The standard InChI is InChI=1S/C33H37N7O3/c1-3-15-39-31(42)27-20-34-32(37-30(27)40(39)28-10-7-21-11-14-33(43,4-2)29(21)36-28)35-24-8-5-23-19-25(9-6-22(23)18-24)38-16-12-26(41)13-17-38/h3,5,7-8,10,18,20,25,43H,1,4,6,9,11-17,19H2,2H3,(H,34,35,37)/t25?,33-/m1/s1. The van der Waals surface area contributed by atoms with Gasteiger partial charge < -0.3 is 10.4 Å². The number of piperidine rings is 1. The van der Waals surface area contributed by atoms with Crippen molar-refractivity contribution in [2.45, 2.75) is 76.5 Å². The lowest BCUT2D eigenvalue weighted by molar-refractivity contribution is -0.122. The van der Waals surface area contributed by atoms with Crippen LogP contribution in [0.1, 0.15) is 61.4 Å². The number of rotatable bonds is 7. The van der Waals surface area contributed by atoms with Crippen molar-refractivity contribution in [1.29, 1.82) is 0 Å². The fourth-order valence-corrected chi connectivity index (χ4v) is 7.01. The number of aliphatic hydroxyl groups is 1. The number of allylic oxidation sites excluding steroid dienone is 1. The average molecular weight is 580 g/mol. The van der Waals surface area contributed by atoms with Gasteiger partial charge in [0.1, 0.15) is 16.8 Å². The van der Waals surface area contributed by atoms with Gasteiger partial charge in [-0.3, -0.25) is 14.5 Å². The van der Waals surface area contributed by atoms with Gasteiger partial charge in [-0.15, -0.1) is 6.58 Å². The Kier molecular flexibility index (Phi) is 6.98. The molecular formula is C33H37N7O3. The van der Waals surface area contributed by atoms with Crippen molar-refractivity contribution in [2.24, 2.45) is 0 Å². The number of anilines is 2. The molecule has 1 saturated heterocycles. The van der Waals surface area contributed by atoms with Crippen LogP contribution in [-0.2, 0) is 36.2 Å². The van der Waals surface area contributed by atoms with Crippen LogP contribution in [0.15, 0.2) is 54.0 Å². The van der Waals surface area contributed by atoms with Crippen LogP contribution in [0.2, 0.25) is 0 Å². The van der Waals surface area contributed by atoms with Crippen molar-refractivity contribution in [3.8, 4) is 5.82 Å². The zero-order chi connectivity index (χ0) is 29.7. The molecule has 2 N–H and O–H groups in total. The molecule has 1 aromatic carbocycles. The molecule has 0 radical (unpaired) electrons. The quantitative estimate of drug-likeness (QED) is 0.316. The van der Waals surface area contributed by atoms with Gasteiger partial charge in [-0.1, -0.05) is 25.1 Å². The van der Waals surface area contributed by atoms with E-state index in [0.29, 0.717) is 66.0 Å². The maximum absolute atomic E-state index is 13.4. The maximum atomic E-state index is 13.4. The molecule has 0 spiro atoms. The minimum Gasteiger partial charge on any atom is -0.384 e. The van der Waals surface area contributed by atoms with E-state index in [9.17, 15) is 14.7 Å². The van der Waals surface area contributed by atoms with E-state index < -0.39 is 5.60 Å². The molecule has 4 heterocycles. The summed E-state index contributed by atoms with van der Waals surface area (Å²) in [4.78, 5) is 41.7. The number of hydrogen-bond donors (Lipinski definition) is 2. The van der Waals surface area contributed by atoms with Gasteiger partial charge in [0.15, 0.2) is 11.5 Å². The van der Waals surface area contributed by atoms with Crippen LogP contribution in [0, 0.1) is 0 Å². The fourth-order valence-electron chi connectivity index (χ4n) is 7.01. The predicted molar refractivity (Wildman–Crippen MR) is 165 cm³/mol. The summed E-state index contributed by atoms with van der Waals surface area (Å²) in [5, 5.41) is 14.9. The van der Waals surface area contributed by atoms with Crippen molar-refractivity contribution < 1.29 is 9.90 Å². The highest BCUT2D eigenvalue weighted by molar-refractivity contribution is 5.79. The number of ketones is 1. The van der Waals surface area contributed by atoms with Crippen molar-refractivity contribution in [2.75, 3.05) is 18.4 Å². The number of aromatic nitrogens is 5. The van der Waals surface area contributed by atoms with Crippen LogP contribution < -0.4 is 10.9 Å². The maximum Gasteiger partial charge on any atom is 0.278 e. The first-order valence-electron chi connectivity index (χ1n) is 15.3. The third kappa shape index (κ3) is 4.88. The molecule has 0 bridgehead atoms. The molecule has 0 saturated carbocycles. The fraction of sp³-hybridized carbons (Fsp3) is 0.424. The Morgan fingerprint density at radius 1 is 1.07 bits per heavy atom. The Morgan fingerprint density at radius 2 is 1.88 bits per heavy atom. The molecule has 2 atom stereocenters. The molecule has 2 aliphatic carbocycles. The SMILES string of the molecule is C=CCn1c(=O)c2cnc(Nc3ccc4c(c3)CCC(N3CCC(=O)CC3)C4)nc2n1-c1ccc2c(n1)[C@@](O)(CC)CC2. The van der Waals surface area contributed by atoms with Gasteiger partial charge in [0.05, 0.1) is 12.2 Å². The summed E-state index contributed by atoms with van der Waals surface area (Å²) in [5.74, 6) is 1.28. The van der Waals surface area contributed by atoms with Crippen molar-refractivity contribution >= 4 is 28.5 Å². The third-order valence-electron chi connectivity index (χ3n) is 9.53. The van der Waals surface area contributed by atoms with Gasteiger partial charge in [0, 0.05) is 43.9 Å². The summed E-state index contributed by atoms with van der Waals surface area (Å²) < 4.78 is 3.26. The van der Waals surface area contributed by atoms with Crippen molar-refractivity contribution in [3.05, 3.63) is 81.9 Å². The third-order valence-corrected chi connectivity index (χ3v) is 9.53. The van der Waals surface area contributed by atoms with Gasteiger partial charge in [0.2, 0.25) is 5.95 Å². The molecule has 0 amide bonds. The lowest BCUT2D eigenvalue weighted by atomic mass is 9.86. The minimum absolute atomic E-state index is 0.226. The first-order chi connectivity index (χ1) is 20.9. The molecule has 1 aliphatic heterocycles. The Hall–Kier alpha value is -4.15. The number of fused-ring (bicyclic) bond motifs is 3. The van der Waals surface area contributed by atoms with Crippen LogP contribution in [-0.4, -0.2) is 59.2 Å². The molecule has 10 heteroatoms. The van der Waals surface area contributed by atoms with E-state index >= 15 is 0 Å². The predicted octanol–water partition coefficient (Wildman–Crippen LogP) is 3.97. The molecular weight excluding hydrogens is 542 g/mol. The smallest absolute Gasteiger partial charge is 0.278 e. The Morgan fingerprint density at radius 3 is 2.67 bits per heavy atom. The van der Waals surface area contributed by atoms with E-state index in [-0.39, 0.29) is 12.1 Å². The Labute approximate surface area is 250 Å². The van der Waals surface area contributed by atoms with Crippen molar-refractivity contribution in [1.82, 2.24) is 29.2 Å². The molecule has 1 unspecified atom stereocenters. The average Bonchev–Trinajstić information content (AvgIpc) is 3.50. The van der Waals surface area contributed by atoms with Crippen LogP contribution in [0.4, 0.5) is 11.6 Å². The van der Waals surface area contributed by atoms with E-state index in [1.807, 2.05) is 19.1 Å². The van der Waals surface area contributed by atoms with Gasteiger partial charge >= 0.3 is 0 Å². The summed E-state index contributed by atoms with van der Waals surface area (Å²) >= 11 is 0. The van der Waals surface area contributed by atoms with E-state index in [4.69, 9.17) is 9.97 Å². The summed E-state index contributed by atoms with van der Waals surface area (Å²) in [6, 6.07) is 10.8. The highest BCUT2D eigenvalue weighted by Crippen LogP contribution is 2.38. The topological polar surface area (TPSA) is 118 Å². The molecule has 222 valence electrons. The number of nitrogens with zero attached hydrogens (tertiary/aromatic N) is 6. The lowest BCUT2D eigenvalue weighted by Crippen LogP contribution is -2.44. The van der Waals surface area contributed by atoms with Gasteiger partial charge in [-0.2, -0.15) is 4.98 Å². The summed E-state index contributed by atoms with van der Waals surface area (Å²) in [6.07, 6.45) is 9.61. The van der Waals surface area contributed by atoms with Crippen LogP contribution in [0.25, 0.3) is 16.9 Å². The van der Waals surface area contributed by atoms with Crippen LogP contribution in [0.5, 0.6) is 0 Å². The molecule has 43 heavy (non-hydrogen) atoms. The second-order valence-electron chi connectivity index (χ2n) is 12.1. The van der Waals surface area contributed by atoms with Crippen LogP contribution >= 0.6 is 0 Å². The second-order valence-corrected chi connectivity index (χ2v) is 12.1. The first-order valence-corrected chi connectivity index (χ1v) is 15.3. The summed E-state index contributed by atoms with van der Waals surface area (Å²) in [5.41, 5.74) is 4.50. The summed E-state index contributed by atoms with van der Waals surface area (Å²) in [7, 11) is 0. The molecule has 10 nitrogen and oxygen atoms in total. The molecule has 3 aliphatic rings. The van der Waals surface area contributed by atoms with Gasteiger partial charge in [-0.05, 0) is 73.4 Å². The van der Waals surface area contributed by atoms with Crippen LogP contribution in [0.3, 0.4) is 0 Å². The number of benzene rings is 1. The summed E-state index contributed by atoms with van der Waals surface area (Å²) in [6.45, 7) is 7.82. The largest absolute Gasteiger partial charge is 0.384 e. The normalized spacial score (nSPS) is 22.0. The first kappa shape index (κ1) is 27.7. The molecule has 7 rings (SSSR count). The van der Waals surface area contributed by atoms with E-state index in [1.165, 1.54) is 11.1 Å². The van der Waals surface area contributed by atoms with E-state index in [1.54, 1.807) is 21.6 Å². The minimum atomic E-state index is -0.973. The number of Topliss-reactive ketones (excluding diaryl/α,β-unsaturated/α-hetero) is 1. The highest BCUT2D eigenvalue weighted by atomic mass is 16.3. The number of likely N-dealkylation sites (tertiary alicyclic amines) is 1. The highest BCUT2D eigenvalue weighted by Gasteiger charge is 2.37. The van der Waals surface area contributed by atoms with E-state index in [2.05, 4.69) is 40.0 Å². The number of carbonyl (C=O) groups is 1. The molecule has 4 aromatic rings. The zero-order valence-electron chi connectivity index (χ0n) is 24.6. The number of aryl methyl sites for hydroxylation is 2. The number of nitrogens with one attached hydrogen (secondary N) is 1. The molecule has 1 fully saturated rings. The molecule has 3 aromatic heterocycles. The van der Waals surface area contributed by atoms with Gasteiger partial charge in [0.25, 0.3) is 5.56 Å². The lowest BCUT2D eigenvalue weighted by Gasteiger charge is -2.37. The Balaban J connectivity index is 1.20. The van der Waals surface area contributed by atoms with Crippen molar-refractivity contribution in [3.63, 3.8) is 0 Å². The number of carbonyl (C=O) groups excluding carboxylic acids is 1. The monoisotopic (exact) mass is 579 g/mol. The number of hydrogen-bond acceptors (Lipinski definition) is 8. The van der Waals surface area contributed by atoms with E-state index in [0.717, 1.165) is 50.0 Å². The number of pyridine rings is 1. The second kappa shape index (κ2) is 10.8. The van der Waals surface area contributed by atoms with Gasteiger partial charge in [-0.25, -0.2) is 19.3 Å². The zero-order valence-corrected chi connectivity index (χ0v) is 24.6.